The Morgan fingerprint density at radius 2 is 2.12 bits per heavy atom. The van der Waals surface area contributed by atoms with Gasteiger partial charge in [0.1, 0.15) is 11.9 Å². The number of carbonyl (C=O) groups excluding carboxylic acids is 2. The third-order valence-corrected chi connectivity index (χ3v) is 4.70. The lowest BCUT2D eigenvalue weighted by Gasteiger charge is -2.25. The van der Waals surface area contributed by atoms with Gasteiger partial charge in [0.15, 0.2) is 0 Å². The molecule has 7 heteroatoms. The van der Waals surface area contributed by atoms with E-state index in [0.717, 1.165) is 11.6 Å². The number of rotatable bonds is 3. The summed E-state index contributed by atoms with van der Waals surface area (Å²) in [5.74, 6) is -1.80. The monoisotopic (exact) mass is 371 g/mol. The molecule has 0 bridgehead atoms. The normalized spacial score (nSPS) is 19.3. The lowest BCUT2D eigenvalue weighted by atomic mass is 9.93. The number of nitriles is 1. The van der Waals surface area contributed by atoms with E-state index in [1.807, 2.05) is 6.07 Å². The topological polar surface area (TPSA) is 73.2 Å². The van der Waals surface area contributed by atoms with E-state index in [1.54, 1.807) is 31.3 Å². The molecule has 0 aromatic heterocycles. The fourth-order valence-electron chi connectivity index (χ4n) is 3.18. The van der Waals surface area contributed by atoms with Crippen LogP contribution in [0.15, 0.2) is 42.5 Å². The van der Waals surface area contributed by atoms with Crippen LogP contribution in [0.2, 0.25) is 5.02 Å². The number of anilines is 1. The Morgan fingerprint density at radius 1 is 1.35 bits per heavy atom. The van der Waals surface area contributed by atoms with Crippen molar-refractivity contribution in [3.8, 4) is 6.07 Å². The van der Waals surface area contributed by atoms with Crippen molar-refractivity contribution in [2.24, 2.45) is 5.92 Å². The molecule has 2 unspecified atom stereocenters. The SMILES string of the molecule is CN1C(=O)CC(C(=O)Nc2ccc(F)c(C#N)c2)C1c1cccc(Cl)c1. The van der Waals surface area contributed by atoms with Gasteiger partial charge in [0.05, 0.1) is 17.5 Å². The molecule has 1 aliphatic heterocycles. The molecule has 1 N–H and O–H groups in total. The molecule has 3 rings (SSSR count). The van der Waals surface area contributed by atoms with Gasteiger partial charge in [0, 0.05) is 24.2 Å². The van der Waals surface area contributed by atoms with Gasteiger partial charge >= 0.3 is 0 Å². The Balaban J connectivity index is 1.87. The van der Waals surface area contributed by atoms with Crippen LogP contribution in [0.3, 0.4) is 0 Å². The Bertz CT molecular complexity index is 925. The van der Waals surface area contributed by atoms with E-state index in [0.29, 0.717) is 10.7 Å². The summed E-state index contributed by atoms with van der Waals surface area (Å²) in [6, 6.07) is 12.1. The highest BCUT2D eigenvalue weighted by atomic mass is 35.5. The summed E-state index contributed by atoms with van der Waals surface area (Å²) in [6.07, 6.45) is 0.0613. The Labute approximate surface area is 155 Å². The van der Waals surface area contributed by atoms with E-state index in [-0.39, 0.29) is 23.8 Å². The van der Waals surface area contributed by atoms with Crippen molar-refractivity contribution < 1.29 is 14.0 Å². The quantitative estimate of drug-likeness (QED) is 0.897. The zero-order valence-corrected chi connectivity index (χ0v) is 14.6. The van der Waals surface area contributed by atoms with Crippen molar-refractivity contribution in [1.29, 1.82) is 5.26 Å². The van der Waals surface area contributed by atoms with Crippen molar-refractivity contribution in [3.63, 3.8) is 0 Å². The van der Waals surface area contributed by atoms with Crippen molar-refractivity contribution in [2.75, 3.05) is 12.4 Å². The van der Waals surface area contributed by atoms with Crippen molar-refractivity contribution >= 4 is 29.1 Å². The second-order valence-electron chi connectivity index (χ2n) is 6.11. The smallest absolute Gasteiger partial charge is 0.230 e. The molecule has 1 aliphatic rings. The minimum atomic E-state index is -0.655. The van der Waals surface area contributed by atoms with Gasteiger partial charge in [-0.1, -0.05) is 23.7 Å². The van der Waals surface area contributed by atoms with Crippen LogP contribution in [0.4, 0.5) is 10.1 Å². The van der Waals surface area contributed by atoms with E-state index < -0.39 is 17.8 Å². The molecule has 1 fully saturated rings. The van der Waals surface area contributed by atoms with E-state index >= 15 is 0 Å². The molecule has 0 saturated carbocycles. The average Bonchev–Trinajstić information content (AvgIpc) is 2.92. The number of benzene rings is 2. The summed E-state index contributed by atoms with van der Waals surface area (Å²) >= 11 is 6.04. The minimum Gasteiger partial charge on any atom is -0.338 e. The van der Waals surface area contributed by atoms with Crippen LogP contribution in [-0.4, -0.2) is 23.8 Å². The first-order valence-corrected chi connectivity index (χ1v) is 8.30. The maximum Gasteiger partial charge on any atom is 0.230 e. The largest absolute Gasteiger partial charge is 0.338 e. The average molecular weight is 372 g/mol. The summed E-state index contributed by atoms with van der Waals surface area (Å²) in [7, 11) is 1.65. The Kier molecular flexibility index (Phi) is 4.92. The van der Waals surface area contributed by atoms with Gasteiger partial charge in [0.25, 0.3) is 0 Å². The number of halogens is 2. The zero-order chi connectivity index (χ0) is 18.8. The number of nitrogens with one attached hydrogen (secondary N) is 1. The van der Waals surface area contributed by atoms with Crippen molar-refractivity contribution in [2.45, 2.75) is 12.5 Å². The summed E-state index contributed by atoms with van der Waals surface area (Å²) in [4.78, 5) is 26.5. The third kappa shape index (κ3) is 3.39. The second-order valence-corrected chi connectivity index (χ2v) is 6.55. The van der Waals surface area contributed by atoms with Crippen LogP contribution in [-0.2, 0) is 9.59 Å². The summed E-state index contributed by atoms with van der Waals surface area (Å²) in [5, 5.41) is 12.1. The maximum atomic E-state index is 13.4. The number of likely N-dealkylation sites (tertiary alicyclic amines) is 1. The predicted octanol–water partition coefficient (Wildman–Crippen LogP) is 3.51. The third-order valence-electron chi connectivity index (χ3n) is 4.47. The van der Waals surface area contributed by atoms with Gasteiger partial charge in [-0.15, -0.1) is 0 Å². The summed E-state index contributed by atoms with van der Waals surface area (Å²) in [6.45, 7) is 0. The standard InChI is InChI=1S/C19H15ClFN3O2/c1-24-17(25)9-15(18(24)11-3-2-4-13(20)7-11)19(26)23-14-5-6-16(21)12(8-14)10-22/h2-8,15,18H,9H2,1H3,(H,23,26). The minimum absolute atomic E-state index is 0.0613. The highest BCUT2D eigenvalue weighted by molar-refractivity contribution is 6.30. The first kappa shape index (κ1) is 17.9. The molecule has 132 valence electrons. The van der Waals surface area contributed by atoms with E-state index in [2.05, 4.69) is 5.32 Å². The van der Waals surface area contributed by atoms with Crippen LogP contribution in [0.25, 0.3) is 0 Å². The molecular formula is C19H15ClFN3O2. The molecule has 2 aromatic rings. The molecule has 26 heavy (non-hydrogen) atoms. The van der Waals surface area contributed by atoms with Crippen LogP contribution in [0, 0.1) is 23.1 Å². The molecule has 0 radical (unpaired) electrons. The molecule has 2 atom stereocenters. The predicted molar refractivity (Wildman–Crippen MR) is 94.8 cm³/mol. The molecule has 1 saturated heterocycles. The lowest BCUT2D eigenvalue weighted by molar-refractivity contribution is -0.127. The van der Waals surface area contributed by atoms with Crippen LogP contribution in [0.5, 0.6) is 0 Å². The first-order chi connectivity index (χ1) is 12.4. The molecule has 2 aromatic carbocycles. The van der Waals surface area contributed by atoms with Gasteiger partial charge < -0.3 is 10.2 Å². The number of carbonyl (C=O) groups is 2. The number of amides is 2. The zero-order valence-electron chi connectivity index (χ0n) is 13.9. The van der Waals surface area contributed by atoms with Gasteiger partial charge in [-0.25, -0.2) is 4.39 Å². The van der Waals surface area contributed by atoms with Gasteiger partial charge in [0.2, 0.25) is 11.8 Å². The van der Waals surface area contributed by atoms with Crippen LogP contribution < -0.4 is 5.32 Å². The number of hydrogen-bond donors (Lipinski definition) is 1. The molecule has 0 aliphatic carbocycles. The highest BCUT2D eigenvalue weighted by Crippen LogP contribution is 2.38. The first-order valence-electron chi connectivity index (χ1n) is 7.92. The Morgan fingerprint density at radius 3 is 2.81 bits per heavy atom. The summed E-state index contributed by atoms with van der Waals surface area (Å²) in [5.41, 5.74) is 0.913. The lowest BCUT2D eigenvalue weighted by Crippen LogP contribution is -2.30. The van der Waals surface area contributed by atoms with E-state index in [1.165, 1.54) is 17.0 Å². The van der Waals surface area contributed by atoms with Crippen molar-refractivity contribution in [1.82, 2.24) is 4.90 Å². The molecule has 1 heterocycles. The highest BCUT2D eigenvalue weighted by Gasteiger charge is 2.42. The molecule has 2 amide bonds. The fraction of sp³-hybridized carbons (Fsp3) is 0.211. The molecule has 5 nitrogen and oxygen atoms in total. The van der Waals surface area contributed by atoms with E-state index in [9.17, 15) is 14.0 Å². The van der Waals surface area contributed by atoms with Crippen LogP contribution in [0.1, 0.15) is 23.6 Å². The van der Waals surface area contributed by atoms with Crippen LogP contribution >= 0.6 is 11.6 Å². The van der Waals surface area contributed by atoms with E-state index in [4.69, 9.17) is 16.9 Å². The van der Waals surface area contributed by atoms with Gasteiger partial charge in [-0.3, -0.25) is 9.59 Å². The second kappa shape index (κ2) is 7.14. The molecule has 0 spiro atoms. The number of hydrogen-bond acceptors (Lipinski definition) is 3. The van der Waals surface area contributed by atoms with Gasteiger partial charge in [-0.2, -0.15) is 5.26 Å². The van der Waals surface area contributed by atoms with Gasteiger partial charge in [-0.05, 0) is 35.9 Å². The molecular weight excluding hydrogens is 357 g/mol. The number of nitrogens with zero attached hydrogens (tertiary/aromatic N) is 2. The maximum absolute atomic E-state index is 13.4. The van der Waals surface area contributed by atoms with Crippen molar-refractivity contribution in [3.05, 3.63) is 64.4 Å². The Hall–Kier alpha value is -2.91. The summed E-state index contributed by atoms with van der Waals surface area (Å²) < 4.78 is 13.4. The fourth-order valence-corrected chi connectivity index (χ4v) is 3.37.